The van der Waals surface area contributed by atoms with Crippen LogP contribution < -0.4 is 10.2 Å². The summed E-state index contributed by atoms with van der Waals surface area (Å²) in [6.07, 6.45) is 0. The first-order valence-corrected chi connectivity index (χ1v) is 7.90. The summed E-state index contributed by atoms with van der Waals surface area (Å²) in [5, 5.41) is 3.04. The fourth-order valence-corrected chi connectivity index (χ4v) is 2.72. The van der Waals surface area contributed by atoms with Gasteiger partial charge >= 0.3 is 0 Å². The molecule has 2 aromatic rings. The number of carbonyl (C=O) groups excluding carboxylic acids is 1. The van der Waals surface area contributed by atoms with Crippen molar-refractivity contribution in [3.8, 4) is 0 Å². The zero-order chi connectivity index (χ0) is 17.1. The van der Waals surface area contributed by atoms with Crippen LogP contribution in [0.3, 0.4) is 0 Å². The van der Waals surface area contributed by atoms with Crippen LogP contribution in [0.2, 0.25) is 0 Å². The lowest BCUT2D eigenvalue weighted by molar-refractivity contribution is -0.129. The van der Waals surface area contributed by atoms with Gasteiger partial charge in [-0.15, -0.1) is 0 Å². The topological polar surface area (TPSA) is 61.4 Å². The molecular formula is C17H20FN5O. The third-order valence-corrected chi connectivity index (χ3v) is 3.97. The summed E-state index contributed by atoms with van der Waals surface area (Å²) in [5.74, 6) is 1.03. The summed E-state index contributed by atoms with van der Waals surface area (Å²) < 4.78 is 13.3. The number of hydrogen-bond donors (Lipinski definition) is 1. The summed E-state index contributed by atoms with van der Waals surface area (Å²) in [5.41, 5.74) is 1.43. The molecule has 0 saturated carbocycles. The minimum absolute atomic E-state index is 0.0991. The van der Waals surface area contributed by atoms with Gasteiger partial charge in [-0.2, -0.15) is 4.98 Å². The molecule has 6 nitrogen and oxygen atoms in total. The molecule has 0 unspecified atom stereocenters. The van der Waals surface area contributed by atoms with Crippen LogP contribution >= 0.6 is 0 Å². The van der Waals surface area contributed by atoms with Gasteiger partial charge in [0.1, 0.15) is 11.6 Å². The number of hydrogen-bond acceptors (Lipinski definition) is 5. The zero-order valence-electron chi connectivity index (χ0n) is 13.8. The zero-order valence-corrected chi connectivity index (χ0v) is 13.8. The molecule has 7 heteroatoms. The largest absolute Gasteiger partial charge is 0.353 e. The molecule has 0 atom stereocenters. The van der Waals surface area contributed by atoms with E-state index in [0.717, 1.165) is 24.6 Å². The van der Waals surface area contributed by atoms with Gasteiger partial charge in [0.15, 0.2) is 0 Å². The van der Waals surface area contributed by atoms with E-state index in [2.05, 4.69) is 20.2 Å². The molecule has 3 rings (SSSR count). The van der Waals surface area contributed by atoms with Crippen LogP contribution in [0.5, 0.6) is 0 Å². The SMILES string of the molecule is CC(=O)N1CCN(c2cc(C)nc(Nc3cccc(F)c3)n2)CC1. The number of nitrogens with zero attached hydrogens (tertiary/aromatic N) is 4. The average molecular weight is 329 g/mol. The molecule has 0 radical (unpaired) electrons. The van der Waals surface area contributed by atoms with Gasteiger partial charge in [0.2, 0.25) is 11.9 Å². The van der Waals surface area contributed by atoms with Crippen molar-refractivity contribution < 1.29 is 9.18 Å². The van der Waals surface area contributed by atoms with E-state index >= 15 is 0 Å². The summed E-state index contributed by atoms with van der Waals surface area (Å²) in [4.78, 5) is 24.3. The Kier molecular flexibility index (Phi) is 4.59. The maximum absolute atomic E-state index is 13.3. The standard InChI is InChI=1S/C17H20FN5O/c1-12-10-16(23-8-6-22(7-9-23)13(2)24)21-17(19-12)20-15-5-3-4-14(18)11-15/h3-5,10-11H,6-9H2,1-2H3,(H,19,20,21). The van der Waals surface area contributed by atoms with E-state index in [1.807, 2.05) is 17.9 Å². The van der Waals surface area contributed by atoms with Gasteiger partial charge in [-0.05, 0) is 25.1 Å². The van der Waals surface area contributed by atoms with Gasteiger partial charge in [-0.1, -0.05) is 6.07 Å². The monoisotopic (exact) mass is 329 g/mol. The van der Waals surface area contributed by atoms with Crippen molar-refractivity contribution in [2.24, 2.45) is 0 Å². The summed E-state index contributed by atoms with van der Waals surface area (Å²) in [7, 11) is 0. The lowest BCUT2D eigenvalue weighted by Crippen LogP contribution is -2.48. The molecule has 1 aromatic heterocycles. The first-order chi connectivity index (χ1) is 11.5. The number of halogens is 1. The number of rotatable bonds is 3. The van der Waals surface area contributed by atoms with E-state index in [4.69, 9.17) is 0 Å². The molecule has 0 spiro atoms. The van der Waals surface area contributed by atoms with Gasteiger partial charge in [0.05, 0.1) is 0 Å². The number of nitrogens with one attached hydrogen (secondary N) is 1. The Morgan fingerprint density at radius 3 is 2.58 bits per heavy atom. The summed E-state index contributed by atoms with van der Waals surface area (Å²) in [6.45, 7) is 6.32. The van der Waals surface area contributed by atoms with E-state index in [1.54, 1.807) is 19.1 Å². The van der Waals surface area contributed by atoms with Gasteiger partial charge < -0.3 is 15.1 Å². The van der Waals surface area contributed by atoms with Gasteiger partial charge in [0, 0.05) is 50.6 Å². The van der Waals surface area contributed by atoms with Crippen molar-refractivity contribution in [1.82, 2.24) is 14.9 Å². The number of benzene rings is 1. The lowest BCUT2D eigenvalue weighted by Gasteiger charge is -2.35. The van der Waals surface area contributed by atoms with Gasteiger partial charge in [0.25, 0.3) is 0 Å². The highest BCUT2D eigenvalue weighted by Crippen LogP contribution is 2.20. The van der Waals surface area contributed by atoms with Crippen LogP contribution in [0.4, 0.5) is 21.8 Å². The molecule has 24 heavy (non-hydrogen) atoms. The second-order valence-corrected chi connectivity index (χ2v) is 5.82. The van der Waals surface area contributed by atoms with Crippen LogP contribution in [0.1, 0.15) is 12.6 Å². The van der Waals surface area contributed by atoms with Crippen LogP contribution in [0, 0.1) is 12.7 Å². The van der Waals surface area contributed by atoms with Crippen molar-refractivity contribution in [2.45, 2.75) is 13.8 Å². The fourth-order valence-electron chi connectivity index (χ4n) is 2.72. The molecule has 1 amide bonds. The van der Waals surface area contributed by atoms with Gasteiger partial charge in [-0.3, -0.25) is 4.79 Å². The minimum atomic E-state index is -0.312. The second kappa shape index (κ2) is 6.82. The maximum atomic E-state index is 13.3. The molecule has 2 heterocycles. The Morgan fingerprint density at radius 2 is 1.92 bits per heavy atom. The Bertz CT molecular complexity index is 744. The smallest absolute Gasteiger partial charge is 0.229 e. The Hall–Kier alpha value is -2.70. The predicted octanol–water partition coefficient (Wildman–Crippen LogP) is 2.34. The van der Waals surface area contributed by atoms with E-state index in [-0.39, 0.29) is 11.7 Å². The molecule has 1 N–H and O–H groups in total. The molecule has 1 fully saturated rings. The predicted molar refractivity (Wildman–Crippen MR) is 90.9 cm³/mol. The van der Waals surface area contributed by atoms with Crippen molar-refractivity contribution in [1.29, 1.82) is 0 Å². The number of anilines is 3. The Labute approximate surface area is 140 Å². The van der Waals surface area contributed by atoms with Crippen molar-refractivity contribution >= 4 is 23.4 Å². The van der Waals surface area contributed by atoms with E-state index in [0.29, 0.717) is 24.7 Å². The highest BCUT2D eigenvalue weighted by Gasteiger charge is 2.20. The van der Waals surface area contributed by atoms with Gasteiger partial charge in [-0.25, -0.2) is 9.37 Å². The Morgan fingerprint density at radius 1 is 1.17 bits per heavy atom. The first-order valence-electron chi connectivity index (χ1n) is 7.90. The highest BCUT2D eigenvalue weighted by molar-refractivity contribution is 5.73. The van der Waals surface area contributed by atoms with Crippen molar-refractivity contribution in [3.05, 3.63) is 41.8 Å². The molecule has 1 aliphatic heterocycles. The fraction of sp³-hybridized carbons (Fsp3) is 0.353. The molecular weight excluding hydrogens is 309 g/mol. The number of amides is 1. The molecule has 1 aromatic carbocycles. The molecule has 1 aliphatic rings. The van der Waals surface area contributed by atoms with E-state index in [1.165, 1.54) is 12.1 Å². The number of carbonyl (C=O) groups is 1. The third-order valence-electron chi connectivity index (χ3n) is 3.97. The first kappa shape index (κ1) is 16.2. The molecule has 126 valence electrons. The third kappa shape index (κ3) is 3.79. The van der Waals surface area contributed by atoms with E-state index < -0.39 is 0 Å². The molecule has 1 saturated heterocycles. The van der Waals surface area contributed by atoms with Crippen LogP contribution in [-0.2, 0) is 4.79 Å². The highest BCUT2D eigenvalue weighted by atomic mass is 19.1. The number of aromatic nitrogens is 2. The Balaban J connectivity index is 1.76. The summed E-state index contributed by atoms with van der Waals surface area (Å²) in [6, 6.07) is 8.11. The summed E-state index contributed by atoms with van der Waals surface area (Å²) >= 11 is 0. The molecule has 0 aliphatic carbocycles. The molecule has 0 bridgehead atoms. The number of piperazine rings is 1. The van der Waals surface area contributed by atoms with Crippen LogP contribution in [0.25, 0.3) is 0 Å². The maximum Gasteiger partial charge on any atom is 0.229 e. The quantitative estimate of drug-likeness (QED) is 0.936. The lowest BCUT2D eigenvalue weighted by atomic mass is 10.3. The van der Waals surface area contributed by atoms with Crippen LogP contribution in [-0.4, -0.2) is 47.0 Å². The normalized spacial score (nSPS) is 14.6. The van der Waals surface area contributed by atoms with Crippen molar-refractivity contribution in [3.63, 3.8) is 0 Å². The van der Waals surface area contributed by atoms with E-state index in [9.17, 15) is 9.18 Å². The minimum Gasteiger partial charge on any atom is -0.353 e. The van der Waals surface area contributed by atoms with Crippen LogP contribution in [0.15, 0.2) is 30.3 Å². The van der Waals surface area contributed by atoms with Crippen molar-refractivity contribution in [2.75, 3.05) is 36.4 Å². The second-order valence-electron chi connectivity index (χ2n) is 5.82. The number of aryl methyl sites for hydroxylation is 1. The average Bonchev–Trinajstić information content (AvgIpc) is 2.54.